The van der Waals surface area contributed by atoms with Gasteiger partial charge in [-0.25, -0.2) is 0 Å². The minimum Gasteiger partial charge on any atom is -0.489 e. The molecule has 0 amide bonds. The molecule has 1 rings (SSSR count). The Hall–Kier alpha value is -1.02. The first-order valence-electron chi connectivity index (χ1n) is 4.16. The zero-order chi connectivity index (χ0) is 8.97. The van der Waals surface area contributed by atoms with Gasteiger partial charge < -0.3 is 10.5 Å². The lowest BCUT2D eigenvalue weighted by Gasteiger charge is -2.11. The zero-order valence-electron chi connectivity index (χ0n) is 7.58. The van der Waals surface area contributed by atoms with Crippen LogP contribution >= 0.6 is 0 Å². The van der Waals surface area contributed by atoms with Crippen LogP contribution < -0.4 is 10.5 Å². The zero-order valence-corrected chi connectivity index (χ0v) is 7.58. The van der Waals surface area contributed by atoms with Gasteiger partial charge in [0.15, 0.2) is 0 Å². The van der Waals surface area contributed by atoms with Crippen molar-refractivity contribution in [1.82, 2.24) is 0 Å². The van der Waals surface area contributed by atoms with Crippen molar-refractivity contribution in [1.29, 1.82) is 0 Å². The van der Waals surface area contributed by atoms with Crippen molar-refractivity contribution in [2.75, 3.05) is 6.54 Å². The molecule has 2 heteroatoms. The van der Waals surface area contributed by atoms with E-state index < -0.39 is 0 Å². The minimum absolute atomic E-state index is 0.0905. The first-order valence-corrected chi connectivity index (χ1v) is 4.16. The van der Waals surface area contributed by atoms with E-state index in [1.807, 2.05) is 31.2 Å². The van der Waals surface area contributed by atoms with E-state index in [1.165, 1.54) is 5.56 Å². The molecule has 66 valence electrons. The van der Waals surface area contributed by atoms with E-state index in [0.29, 0.717) is 6.54 Å². The Kier molecular flexibility index (Phi) is 3.11. The maximum atomic E-state index is 5.49. The molecule has 0 saturated carbocycles. The lowest BCUT2D eigenvalue weighted by molar-refractivity contribution is 0.230. The molecular formula is C10H15NO. The van der Waals surface area contributed by atoms with Crippen molar-refractivity contribution in [3.05, 3.63) is 29.8 Å². The molecule has 0 aliphatic carbocycles. The van der Waals surface area contributed by atoms with Crippen LogP contribution in [0, 0.1) is 6.92 Å². The van der Waals surface area contributed by atoms with Crippen molar-refractivity contribution >= 4 is 0 Å². The smallest absolute Gasteiger partial charge is 0.119 e. The first kappa shape index (κ1) is 9.07. The molecule has 1 aromatic rings. The second-order valence-corrected chi connectivity index (χ2v) is 2.98. The summed E-state index contributed by atoms with van der Waals surface area (Å²) >= 11 is 0. The number of aryl methyl sites for hydroxylation is 1. The number of rotatable bonds is 3. The van der Waals surface area contributed by atoms with Crippen LogP contribution in [0.1, 0.15) is 12.5 Å². The molecule has 1 aromatic carbocycles. The average molecular weight is 165 g/mol. The third kappa shape index (κ3) is 2.55. The summed E-state index contributed by atoms with van der Waals surface area (Å²) in [5, 5.41) is 0. The predicted molar refractivity (Wildman–Crippen MR) is 50.3 cm³/mol. The van der Waals surface area contributed by atoms with Gasteiger partial charge in [-0.05, 0) is 26.0 Å². The van der Waals surface area contributed by atoms with E-state index in [1.54, 1.807) is 0 Å². The third-order valence-corrected chi connectivity index (χ3v) is 1.69. The fraction of sp³-hybridized carbons (Fsp3) is 0.400. The van der Waals surface area contributed by atoms with Gasteiger partial charge in [0.2, 0.25) is 0 Å². The molecule has 1 unspecified atom stereocenters. The van der Waals surface area contributed by atoms with Gasteiger partial charge in [0, 0.05) is 6.54 Å². The summed E-state index contributed by atoms with van der Waals surface area (Å²) < 4.78 is 5.49. The van der Waals surface area contributed by atoms with E-state index in [4.69, 9.17) is 10.5 Å². The van der Waals surface area contributed by atoms with Crippen LogP contribution in [0.15, 0.2) is 24.3 Å². The minimum atomic E-state index is 0.0905. The summed E-state index contributed by atoms with van der Waals surface area (Å²) in [6, 6.07) is 7.97. The Morgan fingerprint density at radius 1 is 1.33 bits per heavy atom. The van der Waals surface area contributed by atoms with Gasteiger partial charge in [-0.2, -0.15) is 0 Å². The molecule has 0 saturated heterocycles. The molecule has 2 nitrogen and oxygen atoms in total. The fourth-order valence-corrected chi connectivity index (χ4v) is 0.897. The number of hydrogen-bond acceptors (Lipinski definition) is 2. The van der Waals surface area contributed by atoms with Crippen LogP contribution in [0.4, 0.5) is 0 Å². The second kappa shape index (κ2) is 4.12. The molecule has 2 N–H and O–H groups in total. The maximum Gasteiger partial charge on any atom is 0.119 e. The largest absolute Gasteiger partial charge is 0.489 e. The van der Waals surface area contributed by atoms with Gasteiger partial charge in [0.05, 0.1) is 0 Å². The van der Waals surface area contributed by atoms with Gasteiger partial charge in [-0.1, -0.05) is 17.7 Å². The number of benzene rings is 1. The van der Waals surface area contributed by atoms with Crippen molar-refractivity contribution in [2.45, 2.75) is 20.0 Å². The summed E-state index contributed by atoms with van der Waals surface area (Å²) in [5.74, 6) is 0.888. The molecule has 0 spiro atoms. The molecule has 0 aliphatic heterocycles. The highest BCUT2D eigenvalue weighted by molar-refractivity contribution is 5.26. The van der Waals surface area contributed by atoms with Gasteiger partial charge in [0.25, 0.3) is 0 Å². The van der Waals surface area contributed by atoms with Crippen LogP contribution in [0.3, 0.4) is 0 Å². The Bertz CT molecular complexity index is 230. The number of hydrogen-bond donors (Lipinski definition) is 1. The Morgan fingerprint density at radius 3 is 2.42 bits per heavy atom. The van der Waals surface area contributed by atoms with E-state index >= 15 is 0 Å². The van der Waals surface area contributed by atoms with Crippen LogP contribution in [0.2, 0.25) is 0 Å². The van der Waals surface area contributed by atoms with E-state index in [2.05, 4.69) is 6.92 Å². The van der Waals surface area contributed by atoms with Crippen molar-refractivity contribution < 1.29 is 4.74 Å². The lowest BCUT2D eigenvalue weighted by Crippen LogP contribution is -2.22. The van der Waals surface area contributed by atoms with Crippen molar-refractivity contribution in [2.24, 2.45) is 5.73 Å². The van der Waals surface area contributed by atoms with Crippen molar-refractivity contribution in [3.8, 4) is 5.75 Å². The molecule has 0 aliphatic rings. The molecule has 12 heavy (non-hydrogen) atoms. The first-order chi connectivity index (χ1) is 5.72. The van der Waals surface area contributed by atoms with Gasteiger partial charge in [-0.3, -0.25) is 0 Å². The molecule has 0 radical (unpaired) electrons. The Morgan fingerprint density at radius 2 is 1.92 bits per heavy atom. The summed E-state index contributed by atoms with van der Waals surface area (Å²) in [6.45, 7) is 4.56. The predicted octanol–water partition coefficient (Wildman–Crippen LogP) is 1.72. The quantitative estimate of drug-likeness (QED) is 0.740. The third-order valence-electron chi connectivity index (χ3n) is 1.69. The second-order valence-electron chi connectivity index (χ2n) is 2.98. The Balaban J connectivity index is 2.58. The summed E-state index contributed by atoms with van der Waals surface area (Å²) in [6.07, 6.45) is 0.0905. The number of nitrogens with two attached hydrogens (primary N) is 1. The lowest BCUT2D eigenvalue weighted by atomic mass is 10.2. The summed E-state index contributed by atoms with van der Waals surface area (Å²) in [7, 11) is 0. The summed E-state index contributed by atoms with van der Waals surface area (Å²) in [5.41, 5.74) is 6.66. The van der Waals surface area contributed by atoms with Crippen LogP contribution in [0.25, 0.3) is 0 Å². The molecule has 1 atom stereocenters. The highest BCUT2D eigenvalue weighted by Gasteiger charge is 1.99. The highest BCUT2D eigenvalue weighted by atomic mass is 16.5. The summed E-state index contributed by atoms with van der Waals surface area (Å²) in [4.78, 5) is 0. The number of ether oxygens (including phenoxy) is 1. The molecule has 0 heterocycles. The normalized spacial score (nSPS) is 12.6. The van der Waals surface area contributed by atoms with E-state index in [9.17, 15) is 0 Å². The van der Waals surface area contributed by atoms with Crippen LogP contribution in [-0.2, 0) is 0 Å². The fourth-order valence-electron chi connectivity index (χ4n) is 0.897. The van der Waals surface area contributed by atoms with E-state index in [0.717, 1.165) is 5.75 Å². The standard InChI is InChI=1S/C10H15NO/c1-8-3-5-10(6-4-8)12-9(2)7-11/h3-6,9H,7,11H2,1-2H3. The topological polar surface area (TPSA) is 35.2 Å². The maximum absolute atomic E-state index is 5.49. The van der Waals surface area contributed by atoms with Crippen molar-refractivity contribution in [3.63, 3.8) is 0 Å². The van der Waals surface area contributed by atoms with Gasteiger partial charge in [-0.15, -0.1) is 0 Å². The highest BCUT2D eigenvalue weighted by Crippen LogP contribution is 2.12. The molecule has 0 aromatic heterocycles. The molecule has 0 fully saturated rings. The Labute approximate surface area is 73.3 Å². The van der Waals surface area contributed by atoms with E-state index in [-0.39, 0.29) is 6.10 Å². The van der Waals surface area contributed by atoms with Gasteiger partial charge >= 0.3 is 0 Å². The van der Waals surface area contributed by atoms with Gasteiger partial charge in [0.1, 0.15) is 11.9 Å². The van der Waals surface area contributed by atoms with Crippen LogP contribution in [0.5, 0.6) is 5.75 Å². The average Bonchev–Trinajstić information content (AvgIpc) is 2.09. The molecule has 0 bridgehead atoms. The SMILES string of the molecule is Cc1ccc(OC(C)CN)cc1. The van der Waals surface area contributed by atoms with Crippen LogP contribution in [-0.4, -0.2) is 12.6 Å². The monoisotopic (exact) mass is 165 g/mol. The molecular weight excluding hydrogens is 150 g/mol.